The fraction of sp³-hybridized carbons (Fsp3) is 0.222. The van der Waals surface area contributed by atoms with Crippen molar-refractivity contribution in [2.75, 3.05) is 25.6 Å². The standard InChI is InChI=1S/C18H18ClN3O5/c1-26-16-13(17(20)24)6-11(19)7-14(16)21-18(25)22-4-5-27-15-8-12(23)3-2-10(15)9-22/h2-3,6-8,23H,4-5,9H2,1H3,(H2,20,24)(H,21,25). The molecule has 0 aromatic heterocycles. The van der Waals surface area contributed by atoms with E-state index >= 15 is 0 Å². The molecule has 3 rings (SSSR count). The number of nitrogens with two attached hydrogens (primary N) is 1. The molecule has 9 heteroatoms. The number of phenolic OH excluding ortho intramolecular Hbond substituents is 1. The molecule has 0 spiro atoms. The van der Waals surface area contributed by atoms with E-state index in [1.807, 2.05) is 0 Å². The number of amides is 3. The highest BCUT2D eigenvalue weighted by atomic mass is 35.5. The van der Waals surface area contributed by atoms with Gasteiger partial charge in [-0.25, -0.2) is 4.79 Å². The molecule has 0 atom stereocenters. The van der Waals surface area contributed by atoms with Crippen molar-refractivity contribution in [1.29, 1.82) is 0 Å². The number of hydrogen-bond acceptors (Lipinski definition) is 5. The van der Waals surface area contributed by atoms with E-state index in [9.17, 15) is 14.7 Å². The third-order valence-electron chi connectivity index (χ3n) is 4.08. The normalized spacial score (nSPS) is 13.2. The molecule has 0 bridgehead atoms. The summed E-state index contributed by atoms with van der Waals surface area (Å²) in [4.78, 5) is 25.9. The van der Waals surface area contributed by atoms with Gasteiger partial charge in [-0.2, -0.15) is 0 Å². The second kappa shape index (κ2) is 7.63. The molecule has 2 aromatic carbocycles. The smallest absolute Gasteiger partial charge is 0.322 e. The van der Waals surface area contributed by atoms with Gasteiger partial charge in [0.1, 0.15) is 18.1 Å². The van der Waals surface area contributed by atoms with E-state index in [-0.39, 0.29) is 40.9 Å². The van der Waals surface area contributed by atoms with Crippen molar-refractivity contribution < 1.29 is 24.2 Å². The minimum atomic E-state index is -0.721. The van der Waals surface area contributed by atoms with Gasteiger partial charge >= 0.3 is 6.03 Å². The monoisotopic (exact) mass is 391 g/mol. The van der Waals surface area contributed by atoms with Crippen molar-refractivity contribution in [1.82, 2.24) is 4.90 Å². The highest BCUT2D eigenvalue weighted by Gasteiger charge is 2.23. The molecule has 0 radical (unpaired) electrons. The van der Waals surface area contributed by atoms with Crippen molar-refractivity contribution in [3.05, 3.63) is 46.5 Å². The van der Waals surface area contributed by atoms with E-state index in [0.717, 1.165) is 5.56 Å². The largest absolute Gasteiger partial charge is 0.508 e. The first-order valence-corrected chi connectivity index (χ1v) is 8.44. The first kappa shape index (κ1) is 18.7. The predicted octanol–water partition coefficient (Wildman–Crippen LogP) is 2.58. The Morgan fingerprint density at radius 2 is 2.11 bits per heavy atom. The fourth-order valence-electron chi connectivity index (χ4n) is 2.82. The maximum atomic E-state index is 12.8. The summed E-state index contributed by atoms with van der Waals surface area (Å²) in [6.07, 6.45) is 0. The summed E-state index contributed by atoms with van der Waals surface area (Å²) in [7, 11) is 1.37. The number of rotatable bonds is 3. The number of urea groups is 1. The van der Waals surface area contributed by atoms with Crippen molar-refractivity contribution >= 4 is 29.2 Å². The Balaban J connectivity index is 1.85. The van der Waals surface area contributed by atoms with E-state index in [0.29, 0.717) is 12.3 Å². The number of fused-ring (bicyclic) bond motifs is 1. The van der Waals surface area contributed by atoms with E-state index in [1.165, 1.54) is 36.3 Å². The van der Waals surface area contributed by atoms with Crippen LogP contribution < -0.4 is 20.5 Å². The van der Waals surface area contributed by atoms with E-state index in [1.54, 1.807) is 6.07 Å². The zero-order valence-corrected chi connectivity index (χ0v) is 15.2. The van der Waals surface area contributed by atoms with Crippen LogP contribution in [0.25, 0.3) is 0 Å². The van der Waals surface area contributed by atoms with Crippen LogP contribution in [0.3, 0.4) is 0 Å². The number of anilines is 1. The Hall–Kier alpha value is -3.13. The summed E-state index contributed by atoms with van der Waals surface area (Å²) in [5.74, 6) is 0.0364. The lowest BCUT2D eigenvalue weighted by Crippen LogP contribution is -2.36. The fourth-order valence-corrected chi connectivity index (χ4v) is 3.03. The molecule has 0 fully saturated rings. The summed E-state index contributed by atoms with van der Waals surface area (Å²) in [6.45, 7) is 0.878. The van der Waals surface area contributed by atoms with E-state index in [2.05, 4.69) is 5.32 Å². The van der Waals surface area contributed by atoms with Crippen LogP contribution in [0.4, 0.5) is 10.5 Å². The molecule has 1 aliphatic rings. The quantitative estimate of drug-likeness (QED) is 0.744. The van der Waals surface area contributed by atoms with Crippen LogP contribution in [0.2, 0.25) is 5.02 Å². The van der Waals surface area contributed by atoms with Crippen molar-refractivity contribution in [2.45, 2.75) is 6.54 Å². The van der Waals surface area contributed by atoms with Gasteiger partial charge in [-0.05, 0) is 24.3 Å². The molecule has 0 unspecified atom stereocenters. The minimum absolute atomic E-state index is 0.0697. The number of aromatic hydroxyl groups is 1. The second-order valence-corrected chi connectivity index (χ2v) is 6.33. The van der Waals surface area contributed by atoms with Gasteiger partial charge in [-0.3, -0.25) is 4.79 Å². The molecule has 27 heavy (non-hydrogen) atoms. The molecule has 2 aromatic rings. The molecule has 3 amide bonds. The number of ether oxygens (including phenoxy) is 2. The lowest BCUT2D eigenvalue weighted by atomic mass is 10.1. The van der Waals surface area contributed by atoms with Gasteiger partial charge in [0, 0.05) is 16.7 Å². The van der Waals surface area contributed by atoms with Crippen LogP contribution in [-0.2, 0) is 6.54 Å². The Morgan fingerprint density at radius 1 is 1.33 bits per heavy atom. The van der Waals surface area contributed by atoms with E-state index < -0.39 is 11.9 Å². The lowest BCUT2D eigenvalue weighted by molar-refractivity contribution is 0.0997. The predicted molar refractivity (Wildman–Crippen MR) is 99.6 cm³/mol. The van der Waals surface area contributed by atoms with Crippen molar-refractivity contribution in [3.8, 4) is 17.2 Å². The molecular weight excluding hydrogens is 374 g/mol. The second-order valence-electron chi connectivity index (χ2n) is 5.89. The molecule has 0 saturated carbocycles. The first-order chi connectivity index (χ1) is 12.9. The zero-order valence-electron chi connectivity index (χ0n) is 14.5. The average molecular weight is 392 g/mol. The summed E-state index contributed by atoms with van der Waals surface area (Å²) in [5.41, 5.74) is 6.42. The molecule has 142 valence electrons. The Kier molecular flexibility index (Phi) is 5.27. The number of nitrogens with one attached hydrogen (secondary N) is 1. The number of primary amides is 1. The highest BCUT2D eigenvalue weighted by molar-refractivity contribution is 6.31. The molecule has 0 saturated heterocycles. The Bertz CT molecular complexity index is 903. The third-order valence-corrected chi connectivity index (χ3v) is 4.30. The van der Waals surface area contributed by atoms with Crippen LogP contribution in [0.1, 0.15) is 15.9 Å². The molecule has 8 nitrogen and oxygen atoms in total. The summed E-state index contributed by atoms with van der Waals surface area (Å²) >= 11 is 6.03. The van der Waals surface area contributed by atoms with Gasteiger partial charge < -0.3 is 30.5 Å². The number of halogens is 1. The van der Waals surface area contributed by atoms with Gasteiger partial charge in [-0.15, -0.1) is 0 Å². The molecular formula is C18H18ClN3O5. The van der Waals surface area contributed by atoms with Crippen molar-refractivity contribution in [2.24, 2.45) is 5.73 Å². The SMILES string of the molecule is COc1c(NC(=O)N2CCOc3cc(O)ccc3C2)cc(Cl)cc1C(N)=O. The Morgan fingerprint density at radius 3 is 2.81 bits per heavy atom. The summed E-state index contributed by atoms with van der Waals surface area (Å²) < 4.78 is 10.8. The van der Waals surface area contributed by atoms with Crippen LogP contribution in [0.5, 0.6) is 17.2 Å². The molecule has 1 aliphatic heterocycles. The van der Waals surface area contributed by atoms with Crippen LogP contribution in [-0.4, -0.2) is 42.2 Å². The maximum absolute atomic E-state index is 12.8. The minimum Gasteiger partial charge on any atom is -0.508 e. The van der Waals surface area contributed by atoms with Crippen molar-refractivity contribution in [3.63, 3.8) is 0 Å². The van der Waals surface area contributed by atoms with Crippen LogP contribution in [0.15, 0.2) is 30.3 Å². The van der Waals surface area contributed by atoms with Gasteiger partial charge in [-0.1, -0.05) is 11.6 Å². The van der Waals surface area contributed by atoms with Crippen LogP contribution in [0, 0.1) is 0 Å². The van der Waals surface area contributed by atoms with Gasteiger partial charge in [0.25, 0.3) is 5.91 Å². The highest BCUT2D eigenvalue weighted by Crippen LogP contribution is 2.33. The topological polar surface area (TPSA) is 114 Å². The third kappa shape index (κ3) is 4.01. The number of carbonyl (C=O) groups is 2. The number of carbonyl (C=O) groups excluding carboxylic acids is 2. The number of benzene rings is 2. The first-order valence-electron chi connectivity index (χ1n) is 8.07. The lowest BCUT2D eigenvalue weighted by Gasteiger charge is -2.22. The summed E-state index contributed by atoms with van der Waals surface area (Å²) in [6, 6.07) is 7.17. The van der Waals surface area contributed by atoms with Gasteiger partial charge in [0.15, 0.2) is 5.75 Å². The molecule has 4 N–H and O–H groups in total. The Labute approximate surface area is 160 Å². The number of phenols is 1. The number of nitrogens with zero attached hydrogens (tertiary/aromatic N) is 1. The van der Waals surface area contributed by atoms with Gasteiger partial charge in [0.05, 0.1) is 31.5 Å². The van der Waals surface area contributed by atoms with Crippen LogP contribution >= 0.6 is 11.6 Å². The average Bonchev–Trinajstić information content (AvgIpc) is 2.83. The molecule has 1 heterocycles. The number of methoxy groups -OCH3 is 1. The van der Waals surface area contributed by atoms with Gasteiger partial charge in [0.2, 0.25) is 0 Å². The zero-order chi connectivity index (χ0) is 19.6. The summed E-state index contributed by atoms with van der Waals surface area (Å²) in [5, 5.41) is 12.5. The molecule has 0 aliphatic carbocycles. The number of hydrogen-bond donors (Lipinski definition) is 3. The maximum Gasteiger partial charge on any atom is 0.322 e. The van der Waals surface area contributed by atoms with E-state index in [4.69, 9.17) is 26.8 Å².